The van der Waals surface area contributed by atoms with E-state index in [0.29, 0.717) is 5.56 Å². The van der Waals surface area contributed by atoms with E-state index >= 15 is 0 Å². The number of hydrogen-bond acceptors (Lipinski definition) is 3. The minimum absolute atomic E-state index is 0.0330. The molecule has 3 nitrogen and oxygen atoms in total. The molecule has 2 rings (SSSR count). The van der Waals surface area contributed by atoms with E-state index in [2.05, 4.69) is 5.32 Å². The molecule has 0 aliphatic rings. The van der Waals surface area contributed by atoms with Crippen molar-refractivity contribution >= 4 is 11.6 Å². The number of nitrogens with one attached hydrogen (secondary N) is 1. The summed E-state index contributed by atoms with van der Waals surface area (Å²) in [5, 5.41) is 23.3. The summed E-state index contributed by atoms with van der Waals surface area (Å²) in [6.07, 6.45) is 0.876. The number of hydrogen-bond donors (Lipinski definition) is 3. The van der Waals surface area contributed by atoms with E-state index in [4.69, 9.17) is 11.6 Å². The van der Waals surface area contributed by atoms with Crippen LogP contribution in [0.25, 0.3) is 0 Å². The fourth-order valence-electron chi connectivity index (χ4n) is 2.08. The van der Waals surface area contributed by atoms with Crippen molar-refractivity contribution in [2.75, 3.05) is 6.54 Å². The smallest absolute Gasteiger partial charge is 0.120 e. The first-order valence-corrected chi connectivity index (χ1v) is 6.94. The molecule has 0 aliphatic heterocycles. The average Bonchev–Trinajstić information content (AvgIpc) is 2.43. The topological polar surface area (TPSA) is 52.5 Å². The molecule has 0 heterocycles. The van der Waals surface area contributed by atoms with Crippen LogP contribution in [-0.2, 0) is 6.42 Å². The van der Waals surface area contributed by atoms with Crippen molar-refractivity contribution in [3.05, 3.63) is 58.6 Å². The zero-order valence-corrected chi connectivity index (χ0v) is 12.1. The number of rotatable bonds is 5. The Balaban J connectivity index is 1.90. The van der Waals surface area contributed by atoms with Crippen LogP contribution >= 0.6 is 11.6 Å². The van der Waals surface area contributed by atoms with Crippen molar-refractivity contribution < 1.29 is 10.2 Å². The van der Waals surface area contributed by atoms with Gasteiger partial charge in [-0.1, -0.05) is 23.7 Å². The summed E-state index contributed by atoms with van der Waals surface area (Å²) in [6, 6.07) is 12.3. The summed E-state index contributed by atoms with van der Waals surface area (Å²) >= 11 is 5.84. The Morgan fingerprint density at radius 3 is 2.50 bits per heavy atom. The monoisotopic (exact) mass is 291 g/mol. The summed E-state index contributed by atoms with van der Waals surface area (Å²) in [6.45, 7) is 2.73. The van der Waals surface area contributed by atoms with Gasteiger partial charge in [-0.05, 0) is 55.8 Å². The highest BCUT2D eigenvalue weighted by Gasteiger charge is 2.10. The molecule has 0 bridgehead atoms. The molecular weight excluding hydrogens is 274 g/mol. The molecule has 3 N–H and O–H groups in total. The van der Waals surface area contributed by atoms with Crippen LogP contribution in [0.15, 0.2) is 42.5 Å². The van der Waals surface area contributed by atoms with Crippen molar-refractivity contribution in [1.29, 1.82) is 0 Å². The van der Waals surface area contributed by atoms with Crippen molar-refractivity contribution in [1.82, 2.24) is 5.32 Å². The van der Waals surface area contributed by atoms with Gasteiger partial charge in [-0.2, -0.15) is 0 Å². The summed E-state index contributed by atoms with van der Waals surface area (Å²) < 4.78 is 0. The fourth-order valence-corrected chi connectivity index (χ4v) is 2.21. The maximum absolute atomic E-state index is 9.79. The molecular formula is C16H18ClNO2. The lowest BCUT2D eigenvalue weighted by Crippen LogP contribution is -2.21. The molecule has 0 aliphatic carbocycles. The second-order valence-electron chi connectivity index (χ2n) is 4.80. The summed E-state index contributed by atoms with van der Waals surface area (Å²) in [5.74, 6) is 0.346. The van der Waals surface area contributed by atoms with Gasteiger partial charge in [0.15, 0.2) is 0 Å². The Labute approximate surface area is 123 Å². The van der Waals surface area contributed by atoms with E-state index in [-0.39, 0.29) is 17.5 Å². The van der Waals surface area contributed by atoms with E-state index in [1.165, 1.54) is 17.7 Å². The Hall–Kier alpha value is -1.71. The molecule has 0 saturated carbocycles. The van der Waals surface area contributed by atoms with Crippen molar-refractivity contribution in [3.63, 3.8) is 0 Å². The predicted molar refractivity (Wildman–Crippen MR) is 81.3 cm³/mol. The first kappa shape index (κ1) is 14.7. The van der Waals surface area contributed by atoms with Crippen LogP contribution in [0, 0.1) is 0 Å². The highest BCUT2D eigenvalue weighted by atomic mass is 35.5. The van der Waals surface area contributed by atoms with Crippen LogP contribution in [0.3, 0.4) is 0 Å². The minimum Gasteiger partial charge on any atom is -0.508 e. The fraction of sp³-hybridized carbons (Fsp3) is 0.250. The van der Waals surface area contributed by atoms with Gasteiger partial charge in [0.05, 0.1) is 0 Å². The number of halogens is 1. The Kier molecular flexibility index (Phi) is 4.88. The van der Waals surface area contributed by atoms with E-state index in [1.807, 2.05) is 31.2 Å². The van der Waals surface area contributed by atoms with E-state index in [1.54, 1.807) is 6.07 Å². The lowest BCUT2D eigenvalue weighted by atomic mass is 10.1. The van der Waals surface area contributed by atoms with Crippen molar-refractivity contribution in [3.8, 4) is 11.5 Å². The molecule has 0 radical (unpaired) electrons. The summed E-state index contributed by atoms with van der Waals surface area (Å²) in [4.78, 5) is 0. The Bertz CT molecular complexity index is 569. The average molecular weight is 292 g/mol. The molecule has 0 saturated heterocycles. The van der Waals surface area contributed by atoms with Crippen LogP contribution in [0.4, 0.5) is 0 Å². The molecule has 0 aromatic heterocycles. The van der Waals surface area contributed by atoms with Gasteiger partial charge >= 0.3 is 0 Å². The lowest BCUT2D eigenvalue weighted by Gasteiger charge is -2.16. The van der Waals surface area contributed by atoms with Crippen LogP contribution < -0.4 is 5.32 Å². The van der Waals surface area contributed by atoms with E-state index in [0.717, 1.165) is 18.0 Å². The largest absolute Gasteiger partial charge is 0.508 e. The van der Waals surface area contributed by atoms with Gasteiger partial charge in [-0.3, -0.25) is 0 Å². The van der Waals surface area contributed by atoms with Crippen LogP contribution in [0.1, 0.15) is 24.1 Å². The van der Waals surface area contributed by atoms with Gasteiger partial charge in [0.2, 0.25) is 0 Å². The third-order valence-corrected chi connectivity index (χ3v) is 3.51. The van der Waals surface area contributed by atoms with Gasteiger partial charge in [-0.25, -0.2) is 0 Å². The summed E-state index contributed by atoms with van der Waals surface area (Å²) in [5.41, 5.74) is 1.90. The van der Waals surface area contributed by atoms with Gasteiger partial charge < -0.3 is 15.5 Å². The zero-order valence-electron chi connectivity index (χ0n) is 11.3. The van der Waals surface area contributed by atoms with Crippen molar-refractivity contribution in [2.24, 2.45) is 0 Å². The van der Waals surface area contributed by atoms with Crippen LogP contribution in [-0.4, -0.2) is 16.8 Å². The molecule has 2 aromatic carbocycles. The third-order valence-electron chi connectivity index (χ3n) is 3.26. The molecule has 4 heteroatoms. The Morgan fingerprint density at radius 2 is 1.80 bits per heavy atom. The number of phenols is 2. The maximum atomic E-state index is 9.79. The molecule has 20 heavy (non-hydrogen) atoms. The van der Waals surface area contributed by atoms with Gasteiger partial charge in [0.1, 0.15) is 11.5 Å². The number of aromatic hydroxyl groups is 2. The van der Waals surface area contributed by atoms with E-state index < -0.39 is 0 Å². The second kappa shape index (κ2) is 6.64. The molecule has 106 valence electrons. The Morgan fingerprint density at radius 1 is 1.10 bits per heavy atom. The molecule has 0 spiro atoms. The third kappa shape index (κ3) is 3.89. The van der Waals surface area contributed by atoms with Crippen LogP contribution in [0.2, 0.25) is 5.02 Å². The quantitative estimate of drug-likeness (QED) is 0.737. The molecule has 1 atom stereocenters. The van der Waals surface area contributed by atoms with Gasteiger partial charge in [-0.15, -0.1) is 0 Å². The summed E-state index contributed by atoms with van der Waals surface area (Å²) in [7, 11) is 0. The molecule has 2 aromatic rings. The highest BCUT2D eigenvalue weighted by Crippen LogP contribution is 2.27. The molecule has 1 unspecified atom stereocenters. The van der Waals surface area contributed by atoms with E-state index in [9.17, 15) is 10.2 Å². The molecule has 0 amide bonds. The van der Waals surface area contributed by atoms with Gasteiger partial charge in [0.25, 0.3) is 0 Å². The highest BCUT2D eigenvalue weighted by molar-refractivity contribution is 6.30. The first-order valence-electron chi connectivity index (χ1n) is 6.56. The second-order valence-corrected chi connectivity index (χ2v) is 5.23. The molecule has 0 fully saturated rings. The maximum Gasteiger partial charge on any atom is 0.120 e. The SMILES string of the molecule is CC(NCCc1ccc(Cl)cc1)c1cc(O)ccc1O. The predicted octanol–water partition coefficient (Wildman–Crippen LogP) is 3.64. The number of benzene rings is 2. The normalized spacial score (nSPS) is 12.3. The van der Waals surface area contributed by atoms with Crippen molar-refractivity contribution in [2.45, 2.75) is 19.4 Å². The number of phenolic OH excluding ortho intramolecular Hbond substituents is 2. The van der Waals surface area contributed by atoms with Crippen LogP contribution in [0.5, 0.6) is 11.5 Å². The first-order chi connectivity index (χ1) is 9.56. The minimum atomic E-state index is -0.0330. The lowest BCUT2D eigenvalue weighted by molar-refractivity contribution is 0.441. The zero-order chi connectivity index (χ0) is 14.5. The standard InChI is InChI=1S/C16H18ClNO2/c1-11(15-10-14(19)6-7-16(15)20)18-9-8-12-2-4-13(17)5-3-12/h2-7,10-11,18-20H,8-9H2,1H3. The van der Waals surface area contributed by atoms with Gasteiger partial charge in [0, 0.05) is 16.6 Å².